The fraction of sp³-hybridized carbons (Fsp3) is 0.167. The van der Waals surface area contributed by atoms with Gasteiger partial charge in [0, 0.05) is 0 Å². The first kappa shape index (κ1) is 11.0. The van der Waals surface area contributed by atoms with Gasteiger partial charge in [-0.3, -0.25) is 0 Å². The Hall–Kier alpha value is -2.48. The first-order valence-corrected chi connectivity index (χ1v) is 5.02. The highest BCUT2D eigenvalue weighted by Crippen LogP contribution is 2.21. The van der Waals surface area contributed by atoms with Crippen LogP contribution in [-0.4, -0.2) is 9.67 Å². The first-order valence-electron chi connectivity index (χ1n) is 5.02. The third-order valence-electron chi connectivity index (χ3n) is 2.62. The molecule has 1 aromatic heterocycles. The van der Waals surface area contributed by atoms with E-state index in [2.05, 4.69) is 4.42 Å². The molecule has 0 aliphatic heterocycles. The van der Waals surface area contributed by atoms with Crippen LogP contribution in [0.5, 0.6) is 5.88 Å². The van der Waals surface area contributed by atoms with Crippen LogP contribution < -0.4 is 5.76 Å². The lowest BCUT2D eigenvalue weighted by atomic mass is 10.1. The third kappa shape index (κ3) is 1.93. The number of oxazole rings is 1. The van der Waals surface area contributed by atoms with Gasteiger partial charge in [0.2, 0.25) is 5.88 Å². The van der Waals surface area contributed by atoms with Crippen molar-refractivity contribution in [2.24, 2.45) is 0 Å². The minimum Gasteiger partial charge on any atom is -0.492 e. The topological polar surface area (TPSA) is 79.2 Å². The molecular formula is C12H10N2O3. The van der Waals surface area contributed by atoms with Crippen LogP contribution in [0.3, 0.4) is 0 Å². The van der Waals surface area contributed by atoms with Crippen molar-refractivity contribution in [1.82, 2.24) is 4.57 Å². The zero-order valence-corrected chi connectivity index (χ0v) is 9.12. The number of hydrogen-bond acceptors (Lipinski definition) is 4. The van der Waals surface area contributed by atoms with E-state index in [4.69, 9.17) is 5.26 Å². The predicted molar refractivity (Wildman–Crippen MR) is 59.6 cm³/mol. The maximum atomic E-state index is 11.4. The van der Waals surface area contributed by atoms with Crippen molar-refractivity contribution in [3.8, 4) is 11.9 Å². The lowest BCUT2D eigenvalue weighted by Gasteiger charge is -2.12. The molecule has 1 N–H and O–H groups in total. The Morgan fingerprint density at radius 1 is 1.41 bits per heavy atom. The second-order valence-electron chi connectivity index (χ2n) is 3.64. The standard InChI is InChI=1S/C12H10N2O3/c1-8(14-11(15)7-17-12(14)16)10-4-2-9(6-13)3-5-10/h2-5,7-8,15H,1H3. The summed E-state index contributed by atoms with van der Waals surface area (Å²) in [6.45, 7) is 1.76. The number of nitrogens with zero attached hydrogens (tertiary/aromatic N) is 2. The van der Waals surface area contributed by atoms with Gasteiger partial charge in [-0.25, -0.2) is 9.36 Å². The van der Waals surface area contributed by atoms with Crippen LogP contribution in [0.15, 0.2) is 39.7 Å². The predicted octanol–water partition coefficient (Wildman–Crippen LogP) is 1.63. The van der Waals surface area contributed by atoms with E-state index in [1.165, 1.54) is 0 Å². The zero-order valence-electron chi connectivity index (χ0n) is 9.12. The second-order valence-corrected chi connectivity index (χ2v) is 3.64. The van der Waals surface area contributed by atoms with Crippen molar-refractivity contribution in [3.05, 3.63) is 52.2 Å². The van der Waals surface area contributed by atoms with Gasteiger partial charge in [-0.15, -0.1) is 0 Å². The molecule has 17 heavy (non-hydrogen) atoms. The summed E-state index contributed by atoms with van der Waals surface area (Å²) in [5, 5.41) is 18.2. The van der Waals surface area contributed by atoms with Gasteiger partial charge in [-0.2, -0.15) is 5.26 Å². The molecule has 1 unspecified atom stereocenters. The molecule has 1 atom stereocenters. The van der Waals surface area contributed by atoms with E-state index >= 15 is 0 Å². The van der Waals surface area contributed by atoms with E-state index in [9.17, 15) is 9.90 Å². The van der Waals surface area contributed by atoms with Crippen molar-refractivity contribution in [1.29, 1.82) is 5.26 Å². The SMILES string of the molecule is CC(c1ccc(C#N)cc1)n1c(O)coc1=O. The minimum atomic E-state index is -0.612. The number of benzene rings is 1. The van der Waals surface area contributed by atoms with Gasteiger partial charge < -0.3 is 9.52 Å². The lowest BCUT2D eigenvalue weighted by Crippen LogP contribution is -2.18. The molecular weight excluding hydrogens is 220 g/mol. The molecule has 0 radical (unpaired) electrons. The lowest BCUT2D eigenvalue weighted by molar-refractivity contribution is 0.401. The monoisotopic (exact) mass is 230 g/mol. The van der Waals surface area contributed by atoms with Crippen molar-refractivity contribution >= 4 is 0 Å². The number of rotatable bonds is 2. The van der Waals surface area contributed by atoms with Gasteiger partial charge in [0.15, 0.2) is 6.26 Å². The summed E-state index contributed by atoms with van der Waals surface area (Å²) >= 11 is 0. The second kappa shape index (κ2) is 4.18. The van der Waals surface area contributed by atoms with E-state index in [-0.39, 0.29) is 11.9 Å². The number of aromatic nitrogens is 1. The van der Waals surface area contributed by atoms with E-state index in [0.29, 0.717) is 5.56 Å². The highest BCUT2D eigenvalue weighted by molar-refractivity contribution is 5.33. The molecule has 5 heteroatoms. The quantitative estimate of drug-likeness (QED) is 0.850. The van der Waals surface area contributed by atoms with Crippen LogP contribution in [0, 0.1) is 11.3 Å². The van der Waals surface area contributed by atoms with Crippen molar-refractivity contribution < 1.29 is 9.52 Å². The van der Waals surface area contributed by atoms with E-state index in [1.54, 1.807) is 31.2 Å². The summed E-state index contributed by atoms with van der Waals surface area (Å²) in [5.41, 5.74) is 1.35. The molecule has 0 bridgehead atoms. The number of aromatic hydroxyl groups is 1. The Morgan fingerprint density at radius 3 is 2.53 bits per heavy atom. The van der Waals surface area contributed by atoms with Crippen molar-refractivity contribution in [2.75, 3.05) is 0 Å². The molecule has 2 rings (SSSR count). The molecule has 0 saturated carbocycles. The third-order valence-corrected chi connectivity index (χ3v) is 2.62. The molecule has 0 aliphatic carbocycles. The molecule has 5 nitrogen and oxygen atoms in total. The number of nitriles is 1. The van der Waals surface area contributed by atoms with Crippen LogP contribution in [0.2, 0.25) is 0 Å². The normalized spacial score (nSPS) is 12.0. The molecule has 0 aliphatic rings. The van der Waals surface area contributed by atoms with Gasteiger partial charge in [0.25, 0.3) is 0 Å². The summed E-state index contributed by atoms with van der Waals surface area (Å²) in [7, 11) is 0. The molecule has 1 heterocycles. The van der Waals surface area contributed by atoms with Crippen LogP contribution >= 0.6 is 0 Å². The number of hydrogen-bond donors (Lipinski definition) is 1. The summed E-state index contributed by atoms with van der Waals surface area (Å²) in [6, 6.07) is 8.46. The van der Waals surface area contributed by atoms with Crippen LogP contribution in [-0.2, 0) is 0 Å². The van der Waals surface area contributed by atoms with Gasteiger partial charge in [-0.05, 0) is 24.6 Å². The highest BCUT2D eigenvalue weighted by atomic mass is 16.4. The van der Waals surface area contributed by atoms with Gasteiger partial charge in [0.1, 0.15) is 0 Å². The Balaban J connectivity index is 2.41. The van der Waals surface area contributed by atoms with Crippen molar-refractivity contribution in [2.45, 2.75) is 13.0 Å². The average molecular weight is 230 g/mol. The van der Waals surface area contributed by atoms with Crippen molar-refractivity contribution in [3.63, 3.8) is 0 Å². The largest absolute Gasteiger partial charge is 0.492 e. The summed E-state index contributed by atoms with van der Waals surface area (Å²) in [4.78, 5) is 11.4. The van der Waals surface area contributed by atoms with E-state index < -0.39 is 5.76 Å². The average Bonchev–Trinajstić information content (AvgIpc) is 2.68. The summed E-state index contributed by atoms with van der Waals surface area (Å²) < 4.78 is 5.73. The molecule has 0 spiro atoms. The zero-order chi connectivity index (χ0) is 12.4. The van der Waals surface area contributed by atoms with Gasteiger partial charge >= 0.3 is 5.76 Å². The first-order chi connectivity index (χ1) is 8.13. The molecule has 86 valence electrons. The van der Waals surface area contributed by atoms with E-state index in [1.807, 2.05) is 6.07 Å². The van der Waals surface area contributed by atoms with Crippen LogP contribution in [0.1, 0.15) is 24.1 Å². The summed E-state index contributed by atoms with van der Waals surface area (Å²) in [6.07, 6.45) is 1.00. The Bertz CT molecular complexity index is 616. The fourth-order valence-electron chi connectivity index (χ4n) is 1.65. The Kier molecular flexibility index (Phi) is 2.71. The van der Waals surface area contributed by atoms with Gasteiger partial charge in [0.05, 0.1) is 17.7 Å². The maximum absolute atomic E-state index is 11.4. The van der Waals surface area contributed by atoms with Crippen LogP contribution in [0.25, 0.3) is 0 Å². The minimum absolute atomic E-state index is 0.216. The summed E-state index contributed by atoms with van der Waals surface area (Å²) in [5.74, 6) is -0.828. The molecule has 0 saturated heterocycles. The highest BCUT2D eigenvalue weighted by Gasteiger charge is 2.15. The van der Waals surface area contributed by atoms with Crippen LogP contribution in [0.4, 0.5) is 0 Å². The van der Waals surface area contributed by atoms with Gasteiger partial charge in [-0.1, -0.05) is 12.1 Å². The van der Waals surface area contributed by atoms with E-state index in [0.717, 1.165) is 16.4 Å². The fourth-order valence-corrected chi connectivity index (χ4v) is 1.65. The Morgan fingerprint density at radius 2 is 2.06 bits per heavy atom. The molecule has 2 aromatic rings. The Labute approximate surface area is 97.2 Å². The molecule has 0 fully saturated rings. The molecule has 0 amide bonds. The smallest absolute Gasteiger partial charge is 0.422 e. The maximum Gasteiger partial charge on any atom is 0.422 e. The molecule has 1 aromatic carbocycles.